The van der Waals surface area contributed by atoms with Crippen LogP contribution in [-0.2, 0) is 10.2 Å². The van der Waals surface area contributed by atoms with E-state index in [9.17, 15) is 29.9 Å². The molecule has 0 bridgehead atoms. The molecular formula is C6H3F5O2S. The van der Waals surface area contributed by atoms with E-state index in [0.717, 1.165) is 0 Å². The third-order valence-corrected chi connectivity index (χ3v) is 2.68. The van der Waals surface area contributed by atoms with Gasteiger partial charge in [-0.3, -0.25) is 0 Å². The molecule has 1 aliphatic rings. The van der Waals surface area contributed by atoms with E-state index in [1.165, 1.54) is 0 Å². The van der Waals surface area contributed by atoms with E-state index in [4.69, 9.17) is 0 Å². The van der Waals surface area contributed by atoms with E-state index in [1.54, 1.807) is 0 Å². The monoisotopic (exact) mass is 234 g/mol. The van der Waals surface area contributed by atoms with Crippen molar-refractivity contribution in [1.29, 1.82) is 0 Å². The van der Waals surface area contributed by atoms with Crippen LogP contribution in [0.2, 0.25) is 0 Å². The molecule has 0 aliphatic heterocycles. The molecule has 1 aliphatic carbocycles. The predicted molar refractivity (Wildman–Crippen MR) is 37.1 cm³/mol. The Morgan fingerprint density at radius 1 is 1.29 bits per heavy atom. The first-order valence-electron chi connectivity index (χ1n) is 3.21. The number of alkyl halides is 2. The first-order valence-corrected chi connectivity index (χ1v) is 4.60. The molecule has 0 amide bonds. The highest BCUT2D eigenvalue weighted by atomic mass is 32.3. The number of halogens is 5. The second-order valence-corrected chi connectivity index (χ2v) is 4.05. The number of hydrogen-bond donors (Lipinski definition) is 0. The van der Waals surface area contributed by atoms with Crippen LogP contribution in [0.4, 0.5) is 21.4 Å². The molecule has 0 N–H and O–H groups in total. The van der Waals surface area contributed by atoms with Gasteiger partial charge >= 0.3 is 10.2 Å². The zero-order valence-corrected chi connectivity index (χ0v) is 7.16. The Morgan fingerprint density at radius 3 is 2.21 bits per heavy atom. The van der Waals surface area contributed by atoms with Crippen molar-refractivity contribution in [3.05, 3.63) is 23.8 Å². The summed E-state index contributed by atoms with van der Waals surface area (Å²) in [4.78, 5) is 0. The lowest BCUT2D eigenvalue weighted by Crippen LogP contribution is -2.40. The summed E-state index contributed by atoms with van der Waals surface area (Å²) in [6.07, 6.45) is -3.98. The summed E-state index contributed by atoms with van der Waals surface area (Å²) in [6.45, 7) is 0. The molecule has 0 saturated heterocycles. The van der Waals surface area contributed by atoms with E-state index >= 15 is 0 Å². The Bertz CT molecular complexity index is 412. The SMILES string of the molecule is O=S(=O)(F)C1(F)C=C(F)C(F)=CC1F. The van der Waals surface area contributed by atoms with Crippen molar-refractivity contribution >= 4 is 10.2 Å². The number of allylic oxidation sites excluding steroid dienone is 3. The molecule has 0 saturated carbocycles. The Kier molecular flexibility index (Phi) is 2.42. The van der Waals surface area contributed by atoms with Crippen molar-refractivity contribution in [2.24, 2.45) is 0 Å². The molecule has 0 fully saturated rings. The fourth-order valence-electron chi connectivity index (χ4n) is 0.848. The average molecular weight is 234 g/mol. The molecule has 1 rings (SSSR count). The minimum atomic E-state index is -6.00. The maximum atomic E-state index is 13.0. The van der Waals surface area contributed by atoms with E-state index in [2.05, 4.69) is 0 Å². The quantitative estimate of drug-likeness (QED) is 0.513. The van der Waals surface area contributed by atoms with Gasteiger partial charge in [0, 0.05) is 6.08 Å². The standard InChI is InChI=1S/C6H3F5O2S/c7-3-1-5(9)6(10,2-4(3)8)14(11,12)13/h1-2,5H. The van der Waals surface area contributed by atoms with Crippen LogP contribution in [0, 0.1) is 0 Å². The van der Waals surface area contributed by atoms with Crippen molar-refractivity contribution in [2.45, 2.75) is 11.2 Å². The summed E-state index contributed by atoms with van der Waals surface area (Å²) < 4.78 is 82.7. The summed E-state index contributed by atoms with van der Waals surface area (Å²) in [5.41, 5.74) is 0. The molecule has 0 radical (unpaired) electrons. The first kappa shape index (κ1) is 11.2. The molecule has 0 aromatic carbocycles. The van der Waals surface area contributed by atoms with Gasteiger partial charge in [-0.1, -0.05) is 0 Å². The van der Waals surface area contributed by atoms with Crippen LogP contribution in [0.15, 0.2) is 23.8 Å². The van der Waals surface area contributed by atoms with E-state index < -0.39 is 39.1 Å². The highest BCUT2D eigenvalue weighted by Gasteiger charge is 2.53. The van der Waals surface area contributed by atoms with Crippen LogP contribution >= 0.6 is 0 Å². The van der Waals surface area contributed by atoms with E-state index in [1.807, 2.05) is 0 Å². The molecule has 2 atom stereocenters. The van der Waals surface area contributed by atoms with Gasteiger partial charge in [-0.25, -0.2) is 17.6 Å². The summed E-state index contributed by atoms with van der Waals surface area (Å²) in [5.74, 6) is -3.72. The minimum absolute atomic E-state index is 0.285. The van der Waals surface area contributed by atoms with E-state index in [-0.39, 0.29) is 6.08 Å². The summed E-state index contributed by atoms with van der Waals surface area (Å²) >= 11 is 0. The van der Waals surface area contributed by atoms with Crippen LogP contribution in [0.3, 0.4) is 0 Å². The Morgan fingerprint density at radius 2 is 1.79 bits per heavy atom. The number of rotatable bonds is 1. The molecule has 2 nitrogen and oxygen atoms in total. The van der Waals surface area contributed by atoms with Crippen molar-refractivity contribution < 1.29 is 29.9 Å². The average Bonchev–Trinajstić information content (AvgIpc) is 1.99. The van der Waals surface area contributed by atoms with Crippen LogP contribution in [0.5, 0.6) is 0 Å². The van der Waals surface area contributed by atoms with Crippen molar-refractivity contribution in [3.63, 3.8) is 0 Å². The van der Waals surface area contributed by atoms with Crippen molar-refractivity contribution in [3.8, 4) is 0 Å². The van der Waals surface area contributed by atoms with Gasteiger partial charge in [0.15, 0.2) is 17.8 Å². The molecule has 14 heavy (non-hydrogen) atoms. The maximum absolute atomic E-state index is 13.0. The van der Waals surface area contributed by atoms with Crippen LogP contribution in [0.25, 0.3) is 0 Å². The van der Waals surface area contributed by atoms with Gasteiger partial charge in [-0.15, -0.1) is 3.89 Å². The Hall–Kier alpha value is -0.920. The fourth-order valence-corrected chi connectivity index (χ4v) is 1.43. The Labute approximate surface area is 75.9 Å². The molecule has 2 unspecified atom stereocenters. The molecule has 0 heterocycles. The van der Waals surface area contributed by atoms with Gasteiger partial charge in [0.25, 0.3) is 5.00 Å². The number of hydrogen-bond acceptors (Lipinski definition) is 2. The topological polar surface area (TPSA) is 34.1 Å². The molecular weight excluding hydrogens is 231 g/mol. The van der Waals surface area contributed by atoms with Crippen molar-refractivity contribution in [2.75, 3.05) is 0 Å². The molecule has 80 valence electrons. The van der Waals surface area contributed by atoms with Gasteiger partial charge < -0.3 is 0 Å². The molecule has 8 heteroatoms. The van der Waals surface area contributed by atoms with Gasteiger partial charge in [-0.05, 0) is 6.08 Å². The van der Waals surface area contributed by atoms with Gasteiger partial charge in [0.05, 0.1) is 0 Å². The third kappa shape index (κ3) is 1.54. The highest BCUT2D eigenvalue weighted by molar-refractivity contribution is 7.87. The largest absolute Gasteiger partial charge is 0.345 e. The molecule has 0 aromatic heterocycles. The summed E-state index contributed by atoms with van der Waals surface area (Å²) in [6, 6.07) is 0. The van der Waals surface area contributed by atoms with E-state index in [0.29, 0.717) is 0 Å². The zero-order valence-electron chi connectivity index (χ0n) is 6.35. The van der Waals surface area contributed by atoms with Crippen LogP contribution in [-0.4, -0.2) is 19.6 Å². The fraction of sp³-hybridized carbons (Fsp3) is 0.333. The summed E-state index contributed by atoms with van der Waals surface area (Å²) in [5, 5.41) is -4.19. The smallest absolute Gasteiger partial charge is 0.238 e. The predicted octanol–water partition coefficient (Wildman–Crippen LogP) is 2.01. The van der Waals surface area contributed by atoms with Crippen LogP contribution < -0.4 is 0 Å². The normalized spacial score (nSPS) is 33.6. The second-order valence-electron chi connectivity index (χ2n) is 2.54. The second kappa shape index (κ2) is 3.04. The van der Waals surface area contributed by atoms with Crippen molar-refractivity contribution in [1.82, 2.24) is 0 Å². The minimum Gasteiger partial charge on any atom is -0.238 e. The van der Waals surface area contributed by atoms with Crippen LogP contribution in [0.1, 0.15) is 0 Å². The highest BCUT2D eigenvalue weighted by Crippen LogP contribution is 2.37. The van der Waals surface area contributed by atoms with Gasteiger partial charge in [0.1, 0.15) is 0 Å². The zero-order chi connectivity index (χ0) is 11.1. The Balaban J connectivity index is 3.30. The summed E-state index contributed by atoms with van der Waals surface area (Å²) in [7, 11) is -6.00. The molecule has 0 spiro atoms. The lowest BCUT2D eigenvalue weighted by molar-refractivity contribution is 0.186. The lowest BCUT2D eigenvalue weighted by Gasteiger charge is -2.21. The first-order chi connectivity index (χ1) is 6.18. The van der Waals surface area contributed by atoms with Gasteiger partial charge in [0.2, 0.25) is 0 Å². The van der Waals surface area contributed by atoms with Gasteiger partial charge in [-0.2, -0.15) is 8.42 Å². The maximum Gasteiger partial charge on any atom is 0.345 e. The lowest BCUT2D eigenvalue weighted by atomic mass is 10.1. The molecule has 0 aromatic rings. The third-order valence-electron chi connectivity index (χ3n) is 1.59.